The lowest BCUT2D eigenvalue weighted by molar-refractivity contribution is -0.143. The molecule has 6 amide bonds. The largest absolute Gasteiger partial charge is 0.343 e. The van der Waals surface area contributed by atoms with Crippen molar-refractivity contribution in [1.82, 2.24) is 82.3 Å². The number of fused-ring (bicyclic) bond motifs is 2. The molecule has 6 heterocycles. The second kappa shape index (κ2) is 35.9. The highest BCUT2D eigenvalue weighted by Gasteiger charge is 2.50. The molecule has 1 unspecified atom stereocenters. The molecule has 11 rings (SSSR count). The standard InChI is InChI=1S/C78H102N16O6/c1-5-63(79-3)73(95)85-71-59(49-81-47-55-25-11-7-12-26-55)37-39-61-41-43-67(93(61)77(71)99)75(97)83-69(57-29-15-9-16-30-57)65-51-91(89-87-65)45-21-19-23-53-33-35-54(36-34-53)24-20-22-46-92-52-66(88-90-92)70(58-31-17-10-18-32-58)84-76(98)68-44-42-62-40-38-60(50-82-48-56-27-13-8-14-28-56)72(78(100)94(62)68)86-74(96)64(6-2)80-4/h7-18,25-36,51-52,59-64,67-72,79-82H,5-6,19-24,37-50H2,1-4H3,(H,83,97)(H,84,98)(H,85,95)(H,86,96)/t59-,60-,61+,62+,63+,64+,67+,68?,69+,70+,71+,72+/m1/s1. The molecule has 12 atom stereocenters. The number of hydrogen-bond donors (Lipinski definition) is 8. The van der Waals surface area contributed by atoms with Crippen LogP contribution in [-0.2, 0) is 67.8 Å². The average molecular weight is 1360 g/mol. The first-order valence-corrected chi connectivity index (χ1v) is 36.6. The minimum absolute atomic E-state index is 0.118. The van der Waals surface area contributed by atoms with Gasteiger partial charge in [0.15, 0.2) is 0 Å². The number of benzene rings is 5. The molecule has 0 saturated carbocycles. The second-order valence-electron chi connectivity index (χ2n) is 27.6. The minimum atomic E-state index is -0.793. The number of amides is 6. The number of aromatic nitrogens is 6. The van der Waals surface area contributed by atoms with Crippen LogP contribution < -0.4 is 42.5 Å². The van der Waals surface area contributed by atoms with Crippen LogP contribution in [0.3, 0.4) is 0 Å². The summed E-state index contributed by atoms with van der Waals surface area (Å²) in [6.07, 6.45) is 15.8. The fraction of sp³-hybridized carbons (Fsp3) is 0.487. The Morgan fingerprint density at radius 3 is 1.20 bits per heavy atom. The van der Waals surface area contributed by atoms with Gasteiger partial charge in [0.25, 0.3) is 0 Å². The van der Waals surface area contributed by atoms with E-state index in [-0.39, 0.29) is 59.4 Å². The molecule has 0 radical (unpaired) electrons. The van der Waals surface area contributed by atoms with Crippen LogP contribution in [0.25, 0.3) is 0 Å². The zero-order valence-corrected chi connectivity index (χ0v) is 58.5. The van der Waals surface area contributed by atoms with Gasteiger partial charge in [-0.1, -0.05) is 170 Å². The third kappa shape index (κ3) is 18.5. The molecule has 8 N–H and O–H groups in total. The SMILES string of the molecule is CC[C@H](NC)C(=O)N[C@@H]1C(=O)N2C(C(=O)N[C@@H](c3ccccc3)c3cn(CCCCc4ccc(CCCCn5cc([C@@H](NC(=O)[C@@H]6CC[C@@H]7CC[C@H](CNCc8ccccc8)[C@H](NC(=O)[C@H](CC)NC)C(=O)N76)c6ccccc6)nn5)cc4)nn3)CC[C@@H]2CC[C@@H]1CNCc1ccccc1. The highest BCUT2D eigenvalue weighted by Crippen LogP contribution is 2.37. The molecule has 5 aromatic carbocycles. The Bertz CT molecular complexity index is 3500. The van der Waals surface area contributed by atoms with Gasteiger partial charge in [-0.05, 0) is 150 Å². The summed E-state index contributed by atoms with van der Waals surface area (Å²) in [5.74, 6) is -1.70. The fourth-order valence-corrected chi connectivity index (χ4v) is 15.3. The molecule has 22 nitrogen and oxygen atoms in total. The Hall–Kier alpha value is -8.96. The summed E-state index contributed by atoms with van der Waals surface area (Å²) in [6, 6.07) is 43.3. The maximum absolute atomic E-state index is 14.9. The summed E-state index contributed by atoms with van der Waals surface area (Å²) >= 11 is 0. The summed E-state index contributed by atoms with van der Waals surface area (Å²) in [6.45, 7) is 7.54. The number of nitrogens with zero attached hydrogens (tertiary/aromatic N) is 8. The zero-order chi connectivity index (χ0) is 69.7. The molecule has 4 fully saturated rings. The maximum Gasteiger partial charge on any atom is 0.246 e. The molecule has 0 aliphatic carbocycles. The van der Waals surface area contributed by atoms with Crippen LogP contribution in [0.15, 0.2) is 158 Å². The van der Waals surface area contributed by atoms with Gasteiger partial charge in [-0.3, -0.25) is 38.1 Å². The van der Waals surface area contributed by atoms with Gasteiger partial charge in [0.1, 0.15) is 35.6 Å². The first-order chi connectivity index (χ1) is 48.9. The highest BCUT2D eigenvalue weighted by atomic mass is 16.2. The number of hydrogen-bond acceptors (Lipinski definition) is 14. The van der Waals surface area contributed by atoms with E-state index in [0.29, 0.717) is 89.2 Å². The summed E-state index contributed by atoms with van der Waals surface area (Å²) in [7, 11) is 3.50. The molecule has 7 aromatic rings. The summed E-state index contributed by atoms with van der Waals surface area (Å²) < 4.78 is 3.69. The van der Waals surface area contributed by atoms with E-state index < -0.39 is 48.3 Å². The summed E-state index contributed by atoms with van der Waals surface area (Å²) in [4.78, 5) is 90.0. The van der Waals surface area contributed by atoms with Gasteiger partial charge in [-0.2, -0.15) is 0 Å². The Morgan fingerprint density at radius 1 is 0.460 bits per heavy atom. The van der Waals surface area contributed by atoms with Gasteiger partial charge in [0.2, 0.25) is 35.4 Å². The quantitative estimate of drug-likeness (QED) is 0.0183. The minimum Gasteiger partial charge on any atom is -0.343 e. The number of carbonyl (C=O) groups excluding carboxylic acids is 6. The average Bonchev–Trinajstić information content (AvgIpc) is 1.63. The number of unbranched alkanes of at least 4 members (excludes halogenated alkanes) is 2. The maximum atomic E-state index is 14.9. The van der Waals surface area contributed by atoms with E-state index in [0.717, 1.165) is 86.5 Å². The molecule has 4 aliphatic heterocycles. The number of nitrogens with one attached hydrogen (secondary N) is 8. The molecule has 22 heteroatoms. The van der Waals surface area contributed by atoms with E-state index in [2.05, 4.69) is 112 Å². The summed E-state index contributed by atoms with van der Waals surface area (Å²) in [5.41, 5.74) is 7.74. The van der Waals surface area contributed by atoms with Crippen LogP contribution in [0.2, 0.25) is 0 Å². The van der Waals surface area contributed by atoms with Crippen LogP contribution in [0, 0.1) is 11.8 Å². The van der Waals surface area contributed by atoms with E-state index in [1.807, 2.05) is 133 Å². The topological polar surface area (TPSA) is 267 Å². The second-order valence-corrected chi connectivity index (χ2v) is 27.6. The predicted molar refractivity (Wildman–Crippen MR) is 384 cm³/mol. The van der Waals surface area contributed by atoms with Crippen LogP contribution in [0.4, 0.5) is 0 Å². The Labute approximate surface area is 588 Å². The van der Waals surface area contributed by atoms with Crippen molar-refractivity contribution in [2.24, 2.45) is 11.8 Å². The van der Waals surface area contributed by atoms with Crippen LogP contribution in [-0.4, -0.2) is 151 Å². The highest BCUT2D eigenvalue weighted by molar-refractivity contribution is 5.95. The number of likely N-dealkylation sites (N-methyl/N-ethyl adjacent to an activating group) is 2. The van der Waals surface area contributed by atoms with E-state index in [1.54, 1.807) is 23.9 Å². The Kier molecular flexibility index (Phi) is 25.9. The molecule has 4 saturated heterocycles. The lowest BCUT2D eigenvalue weighted by Crippen LogP contribution is -2.59. The van der Waals surface area contributed by atoms with Crippen molar-refractivity contribution < 1.29 is 28.8 Å². The number of rotatable bonds is 34. The van der Waals surface area contributed by atoms with Gasteiger partial charge in [0, 0.05) is 63.2 Å². The van der Waals surface area contributed by atoms with Gasteiger partial charge in [-0.15, -0.1) is 10.2 Å². The Morgan fingerprint density at radius 2 is 0.830 bits per heavy atom. The van der Waals surface area contributed by atoms with Crippen molar-refractivity contribution in [3.63, 3.8) is 0 Å². The van der Waals surface area contributed by atoms with E-state index in [9.17, 15) is 28.8 Å². The van der Waals surface area contributed by atoms with E-state index in [1.165, 1.54) is 11.1 Å². The number of carbonyl (C=O) groups is 6. The summed E-state index contributed by atoms with van der Waals surface area (Å²) in [5, 5.41) is 44.5. The molecule has 530 valence electrons. The first kappa shape index (κ1) is 72.3. The Balaban J connectivity index is 0.649. The molecule has 2 aromatic heterocycles. The van der Waals surface area contributed by atoms with E-state index >= 15 is 0 Å². The third-order valence-electron chi connectivity index (χ3n) is 21.0. The van der Waals surface area contributed by atoms with Gasteiger partial charge in [0.05, 0.1) is 36.6 Å². The fourth-order valence-electron chi connectivity index (χ4n) is 15.3. The van der Waals surface area contributed by atoms with Crippen molar-refractivity contribution in [3.8, 4) is 0 Å². The van der Waals surface area contributed by atoms with Gasteiger partial charge in [-0.25, -0.2) is 0 Å². The molecular formula is C78H102N16O6. The molecular weight excluding hydrogens is 1260 g/mol. The molecule has 100 heavy (non-hydrogen) atoms. The zero-order valence-electron chi connectivity index (χ0n) is 58.5. The van der Waals surface area contributed by atoms with Crippen molar-refractivity contribution >= 4 is 35.4 Å². The third-order valence-corrected chi connectivity index (χ3v) is 21.0. The van der Waals surface area contributed by atoms with Crippen LogP contribution in [0.5, 0.6) is 0 Å². The lowest BCUT2D eigenvalue weighted by Gasteiger charge is -2.33. The van der Waals surface area contributed by atoms with Gasteiger partial charge < -0.3 is 52.3 Å². The van der Waals surface area contributed by atoms with Crippen LogP contribution in [0.1, 0.15) is 161 Å². The molecule has 0 spiro atoms. The monoisotopic (exact) mass is 1360 g/mol. The van der Waals surface area contributed by atoms with E-state index in [4.69, 9.17) is 0 Å². The normalized spacial score (nSPS) is 21.8. The molecule has 0 bridgehead atoms. The van der Waals surface area contributed by atoms with Crippen LogP contribution >= 0.6 is 0 Å². The van der Waals surface area contributed by atoms with Crippen molar-refractivity contribution in [1.29, 1.82) is 0 Å². The van der Waals surface area contributed by atoms with Crippen molar-refractivity contribution in [3.05, 3.63) is 203 Å². The van der Waals surface area contributed by atoms with Crippen molar-refractivity contribution in [2.75, 3.05) is 27.2 Å². The predicted octanol–water partition coefficient (Wildman–Crippen LogP) is 7.41. The smallest absolute Gasteiger partial charge is 0.246 e. The first-order valence-electron chi connectivity index (χ1n) is 36.6. The van der Waals surface area contributed by atoms with Crippen molar-refractivity contribution in [2.45, 2.75) is 203 Å². The molecule has 4 aliphatic rings. The lowest BCUT2D eigenvalue weighted by atomic mass is 9.92. The number of aryl methyl sites for hydroxylation is 4. The van der Waals surface area contributed by atoms with Gasteiger partial charge >= 0.3 is 0 Å².